The van der Waals surface area contributed by atoms with Gasteiger partial charge < -0.3 is 10.1 Å². The Kier molecular flexibility index (Phi) is 4.10. The maximum absolute atomic E-state index is 12.2. The summed E-state index contributed by atoms with van der Waals surface area (Å²) in [6.45, 7) is 2.05. The van der Waals surface area contributed by atoms with Gasteiger partial charge in [-0.3, -0.25) is 4.79 Å². The number of nitrogens with one attached hydrogen (secondary N) is 2. The summed E-state index contributed by atoms with van der Waals surface area (Å²) in [5.41, 5.74) is 0.413. The highest BCUT2D eigenvalue weighted by molar-refractivity contribution is 7.89. The zero-order valence-corrected chi connectivity index (χ0v) is 13.3. The van der Waals surface area contributed by atoms with Crippen molar-refractivity contribution in [2.75, 3.05) is 5.32 Å². The maximum atomic E-state index is 12.2. The van der Waals surface area contributed by atoms with Gasteiger partial charge in [0.1, 0.15) is 5.75 Å². The van der Waals surface area contributed by atoms with E-state index in [9.17, 15) is 13.2 Å². The minimum atomic E-state index is -3.53. The Bertz CT molecular complexity index is 683. The average Bonchev–Trinajstić information content (AvgIpc) is 3.27. The first-order valence-corrected chi connectivity index (χ1v) is 9.12. The van der Waals surface area contributed by atoms with Crippen LogP contribution in [0.3, 0.4) is 0 Å². The molecule has 6 nitrogen and oxygen atoms in total. The fourth-order valence-corrected chi connectivity index (χ4v) is 3.70. The molecular weight excluding hydrogens is 304 g/mol. The predicted molar refractivity (Wildman–Crippen MR) is 82.4 cm³/mol. The van der Waals surface area contributed by atoms with Gasteiger partial charge in [-0.15, -0.1) is 0 Å². The molecule has 1 aromatic rings. The lowest BCUT2D eigenvalue weighted by Gasteiger charge is -2.26. The van der Waals surface area contributed by atoms with E-state index >= 15 is 0 Å². The van der Waals surface area contributed by atoms with E-state index in [1.54, 1.807) is 6.07 Å². The standard InChI is InChI=1S/C15H20N2O4S/c1-2-3-4-14-15(18)16-12-9-11(7-8-13(12)21-14)22(19,20)17-10-5-6-10/h7-10,14,17H,2-6H2,1H3,(H,16,18)/t14-/m1/s1. The van der Waals surface area contributed by atoms with Crippen LogP contribution in [-0.4, -0.2) is 26.5 Å². The van der Waals surface area contributed by atoms with Gasteiger partial charge in [0.05, 0.1) is 10.6 Å². The summed E-state index contributed by atoms with van der Waals surface area (Å²) < 4.78 is 32.7. The number of rotatable bonds is 6. The molecule has 1 atom stereocenters. The molecule has 0 saturated heterocycles. The van der Waals surface area contributed by atoms with Gasteiger partial charge in [0.25, 0.3) is 5.91 Å². The summed E-state index contributed by atoms with van der Waals surface area (Å²) in [6.07, 6.45) is 3.81. The highest BCUT2D eigenvalue weighted by Crippen LogP contribution is 2.33. The maximum Gasteiger partial charge on any atom is 0.265 e. The molecule has 3 rings (SSSR count). The molecular formula is C15H20N2O4S. The van der Waals surface area contributed by atoms with Crippen molar-refractivity contribution in [1.29, 1.82) is 0 Å². The van der Waals surface area contributed by atoms with Crippen LogP contribution in [0, 0.1) is 0 Å². The summed E-state index contributed by atoms with van der Waals surface area (Å²) >= 11 is 0. The summed E-state index contributed by atoms with van der Waals surface area (Å²) in [5.74, 6) is 0.303. The zero-order valence-electron chi connectivity index (χ0n) is 12.5. The van der Waals surface area contributed by atoms with Crippen molar-refractivity contribution in [2.45, 2.75) is 56.1 Å². The van der Waals surface area contributed by atoms with E-state index in [1.165, 1.54) is 12.1 Å². The number of benzene rings is 1. The number of hydrogen-bond acceptors (Lipinski definition) is 4. The Morgan fingerprint density at radius 3 is 2.82 bits per heavy atom. The molecule has 2 aliphatic rings. The van der Waals surface area contributed by atoms with Crippen LogP contribution in [0.1, 0.15) is 39.0 Å². The van der Waals surface area contributed by atoms with Crippen LogP contribution in [0.25, 0.3) is 0 Å². The molecule has 22 heavy (non-hydrogen) atoms. The summed E-state index contributed by atoms with van der Waals surface area (Å²) in [4.78, 5) is 12.2. The highest BCUT2D eigenvalue weighted by Gasteiger charge is 2.31. The van der Waals surface area contributed by atoms with Crippen molar-refractivity contribution in [3.8, 4) is 5.75 Å². The van der Waals surface area contributed by atoms with Crippen LogP contribution in [0.15, 0.2) is 23.1 Å². The van der Waals surface area contributed by atoms with E-state index in [0.717, 1.165) is 25.7 Å². The first-order chi connectivity index (χ1) is 10.5. The van der Waals surface area contributed by atoms with Crippen LogP contribution >= 0.6 is 0 Å². The first-order valence-electron chi connectivity index (χ1n) is 7.63. The van der Waals surface area contributed by atoms with E-state index in [2.05, 4.69) is 17.0 Å². The number of sulfonamides is 1. The van der Waals surface area contributed by atoms with Gasteiger partial charge in [0.15, 0.2) is 6.10 Å². The molecule has 1 aliphatic heterocycles. The lowest BCUT2D eigenvalue weighted by atomic mass is 10.1. The largest absolute Gasteiger partial charge is 0.478 e. The Labute approximate surface area is 130 Å². The predicted octanol–water partition coefficient (Wildman–Crippen LogP) is 2.02. The third-order valence-electron chi connectivity index (χ3n) is 3.80. The molecule has 0 unspecified atom stereocenters. The molecule has 0 radical (unpaired) electrons. The molecule has 0 spiro atoms. The molecule has 7 heteroatoms. The topological polar surface area (TPSA) is 84.5 Å². The number of fused-ring (bicyclic) bond motifs is 1. The third kappa shape index (κ3) is 3.25. The second-order valence-corrected chi connectivity index (χ2v) is 7.51. The monoisotopic (exact) mass is 324 g/mol. The quantitative estimate of drug-likeness (QED) is 0.838. The fourth-order valence-electron chi connectivity index (χ4n) is 2.36. The smallest absolute Gasteiger partial charge is 0.265 e. The van der Waals surface area contributed by atoms with Crippen molar-refractivity contribution >= 4 is 21.6 Å². The lowest BCUT2D eigenvalue weighted by molar-refractivity contribution is -0.123. The molecule has 0 aromatic heterocycles. The van der Waals surface area contributed by atoms with E-state index in [4.69, 9.17) is 4.74 Å². The average molecular weight is 324 g/mol. The second kappa shape index (κ2) is 5.89. The number of anilines is 1. The molecule has 1 saturated carbocycles. The number of ether oxygens (including phenoxy) is 1. The summed E-state index contributed by atoms with van der Waals surface area (Å²) in [5, 5.41) is 2.74. The zero-order chi connectivity index (χ0) is 15.7. The Morgan fingerprint density at radius 2 is 2.14 bits per heavy atom. The number of amides is 1. The minimum absolute atomic E-state index is 0.0466. The number of unbranched alkanes of at least 4 members (excludes halogenated alkanes) is 1. The molecule has 1 aliphatic carbocycles. The van der Waals surface area contributed by atoms with Crippen LogP contribution < -0.4 is 14.8 Å². The van der Waals surface area contributed by atoms with E-state index in [1.807, 2.05) is 0 Å². The molecule has 0 bridgehead atoms. The summed E-state index contributed by atoms with van der Waals surface area (Å²) in [6, 6.07) is 4.62. The van der Waals surface area contributed by atoms with Gasteiger partial charge in [0, 0.05) is 6.04 Å². The highest BCUT2D eigenvalue weighted by atomic mass is 32.2. The lowest BCUT2D eigenvalue weighted by Crippen LogP contribution is -2.37. The molecule has 1 fully saturated rings. The molecule has 1 aromatic carbocycles. The van der Waals surface area contributed by atoms with Gasteiger partial charge >= 0.3 is 0 Å². The Hall–Kier alpha value is -1.60. The van der Waals surface area contributed by atoms with Crippen molar-refractivity contribution < 1.29 is 17.9 Å². The van der Waals surface area contributed by atoms with Crippen LogP contribution in [-0.2, 0) is 14.8 Å². The molecule has 1 amide bonds. The normalized spacial score (nSPS) is 21.0. The van der Waals surface area contributed by atoms with Gasteiger partial charge in [-0.25, -0.2) is 13.1 Å². The molecule has 2 N–H and O–H groups in total. The molecule has 1 heterocycles. The van der Waals surface area contributed by atoms with Gasteiger partial charge in [-0.05, 0) is 43.9 Å². The van der Waals surface area contributed by atoms with Crippen LogP contribution in [0.4, 0.5) is 5.69 Å². The number of carbonyl (C=O) groups excluding carboxylic acids is 1. The second-order valence-electron chi connectivity index (χ2n) is 5.79. The minimum Gasteiger partial charge on any atom is -0.478 e. The van der Waals surface area contributed by atoms with Crippen molar-refractivity contribution in [1.82, 2.24) is 4.72 Å². The fraction of sp³-hybridized carbons (Fsp3) is 0.533. The Morgan fingerprint density at radius 1 is 1.36 bits per heavy atom. The van der Waals surface area contributed by atoms with E-state index < -0.39 is 16.1 Å². The van der Waals surface area contributed by atoms with Gasteiger partial charge in [-0.2, -0.15) is 0 Å². The van der Waals surface area contributed by atoms with Crippen LogP contribution in [0.2, 0.25) is 0 Å². The molecule has 120 valence electrons. The summed E-state index contributed by atoms with van der Waals surface area (Å²) in [7, 11) is -3.53. The first kappa shape index (κ1) is 15.3. The van der Waals surface area contributed by atoms with E-state index in [-0.39, 0.29) is 16.8 Å². The SMILES string of the molecule is CCCC[C@H]1Oc2ccc(S(=O)(=O)NC3CC3)cc2NC1=O. The Balaban J connectivity index is 1.80. The van der Waals surface area contributed by atoms with Crippen molar-refractivity contribution in [3.05, 3.63) is 18.2 Å². The van der Waals surface area contributed by atoms with Crippen LogP contribution in [0.5, 0.6) is 5.75 Å². The van der Waals surface area contributed by atoms with Gasteiger partial charge in [-0.1, -0.05) is 13.3 Å². The van der Waals surface area contributed by atoms with Crippen molar-refractivity contribution in [3.63, 3.8) is 0 Å². The number of carbonyl (C=O) groups is 1. The number of hydrogen-bond donors (Lipinski definition) is 2. The third-order valence-corrected chi connectivity index (χ3v) is 5.32. The van der Waals surface area contributed by atoms with Crippen molar-refractivity contribution in [2.24, 2.45) is 0 Å². The van der Waals surface area contributed by atoms with Gasteiger partial charge in [0.2, 0.25) is 10.0 Å². The van der Waals surface area contributed by atoms with E-state index in [0.29, 0.717) is 17.9 Å².